The predicted molar refractivity (Wildman–Crippen MR) is 79.6 cm³/mol. The topological polar surface area (TPSA) is 15.3 Å². The molecule has 3 aliphatic carbocycles. The van der Waals surface area contributed by atoms with E-state index in [-0.39, 0.29) is 0 Å². The van der Waals surface area contributed by atoms with E-state index < -0.39 is 0 Å². The van der Waals surface area contributed by atoms with Crippen LogP contribution in [-0.2, 0) is 0 Å². The summed E-state index contributed by atoms with van der Waals surface area (Å²) in [4.78, 5) is 2.49. The van der Waals surface area contributed by atoms with Gasteiger partial charge in [-0.3, -0.25) is 0 Å². The highest BCUT2D eigenvalue weighted by atomic mass is 32.1. The third kappa shape index (κ3) is 3.84. The smallest absolute Gasteiger partial charge is 0.169 e. The lowest BCUT2D eigenvalue weighted by Crippen LogP contribution is -2.46. The van der Waals surface area contributed by atoms with Gasteiger partial charge >= 0.3 is 0 Å². The van der Waals surface area contributed by atoms with Crippen LogP contribution in [0.25, 0.3) is 0 Å². The molecule has 0 amide bonds. The predicted octanol–water partition coefficient (Wildman–Crippen LogP) is 3.32. The minimum Gasteiger partial charge on any atom is -0.360 e. The Morgan fingerprint density at radius 2 is 1.44 bits per heavy atom. The first-order valence-corrected chi connectivity index (χ1v) is 8.27. The molecular weight excluding hydrogens is 240 g/mol. The Balaban J connectivity index is 1.48. The van der Waals surface area contributed by atoms with Crippen LogP contribution in [0.1, 0.15) is 57.8 Å². The normalized spacial score (nSPS) is 24.9. The standard InChI is InChI=1S/C15H26N2S/c18-15(16-14-4-2-1-3-5-14)17(10-12-6-7-12)11-13-8-9-13/h12-14H,1-11H2,(H,16,18). The first-order chi connectivity index (χ1) is 8.81. The third-order valence-electron chi connectivity index (χ3n) is 4.57. The molecule has 3 heteroatoms. The molecular formula is C15H26N2S. The molecule has 18 heavy (non-hydrogen) atoms. The Bertz CT molecular complexity index is 277. The van der Waals surface area contributed by atoms with Crippen LogP contribution in [0.2, 0.25) is 0 Å². The molecule has 0 aromatic heterocycles. The van der Waals surface area contributed by atoms with Crippen molar-refractivity contribution < 1.29 is 0 Å². The Kier molecular flexibility index (Phi) is 4.07. The average molecular weight is 266 g/mol. The third-order valence-corrected chi connectivity index (χ3v) is 4.95. The fourth-order valence-electron chi connectivity index (χ4n) is 2.98. The molecule has 0 unspecified atom stereocenters. The second-order valence-electron chi connectivity index (χ2n) is 6.58. The maximum absolute atomic E-state index is 5.66. The van der Waals surface area contributed by atoms with E-state index in [1.807, 2.05) is 0 Å². The van der Waals surface area contributed by atoms with E-state index in [9.17, 15) is 0 Å². The summed E-state index contributed by atoms with van der Waals surface area (Å²) in [6.45, 7) is 2.43. The Morgan fingerprint density at radius 1 is 0.889 bits per heavy atom. The van der Waals surface area contributed by atoms with Crippen molar-refractivity contribution in [1.29, 1.82) is 0 Å². The highest BCUT2D eigenvalue weighted by Crippen LogP contribution is 2.33. The monoisotopic (exact) mass is 266 g/mol. The number of rotatable bonds is 5. The van der Waals surface area contributed by atoms with Crippen LogP contribution in [0.5, 0.6) is 0 Å². The highest BCUT2D eigenvalue weighted by molar-refractivity contribution is 7.80. The molecule has 102 valence electrons. The largest absolute Gasteiger partial charge is 0.360 e. The van der Waals surface area contributed by atoms with Crippen LogP contribution >= 0.6 is 12.2 Å². The Labute approximate surface area is 116 Å². The molecule has 0 radical (unpaired) electrons. The van der Waals surface area contributed by atoms with Gasteiger partial charge < -0.3 is 10.2 Å². The molecule has 0 aromatic carbocycles. The maximum atomic E-state index is 5.66. The number of hydrogen-bond donors (Lipinski definition) is 1. The number of nitrogens with one attached hydrogen (secondary N) is 1. The second-order valence-corrected chi connectivity index (χ2v) is 6.96. The van der Waals surface area contributed by atoms with Gasteiger partial charge in [0, 0.05) is 19.1 Å². The zero-order valence-electron chi connectivity index (χ0n) is 11.4. The SMILES string of the molecule is S=C(NC1CCCCC1)N(CC1CC1)CC1CC1. The summed E-state index contributed by atoms with van der Waals surface area (Å²) in [7, 11) is 0. The van der Waals surface area contributed by atoms with Gasteiger partial charge in [0.15, 0.2) is 5.11 Å². The number of hydrogen-bond acceptors (Lipinski definition) is 1. The quantitative estimate of drug-likeness (QED) is 0.769. The second kappa shape index (κ2) is 5.77. The van der Waals surface area contributed by atoms with Gasteiger partial charge in [0.05, 0.1) is 0 Å². The van der Waals surface area contributed by atoms with Crippen molar-refractivity contribution in [3.8, 4) is 0 Å². The maximum Gasteiger partial charge on any atom is 0.169 e. The lowest BCUT2D eigenvalue weighted by molar-refractivity contribution is 0.352. The molecule has 3 rings (SSSR count). The van der Waals surface area contributed by atoms with Gasteiger partial charge in [-0.15, -0.1) is 0 Å². The van der Waals surface area contributed by atoms with Crippen LogP contribution in [0.3, 0.4) is 0 Å². The molecule has 0 aromatic rings. The van der Waals surface area contributed by atoms with Crippen molar-refractivity contribution in [3.05, 3.63) is 0 Å². The molecule has 0 bridgehead atoms. The van der Waals surface area contributed by atoms with E-state index in [1.165, 1.54) is 70.9 Å². The van der Waals surface area contributed by atoms with Crippen molar-refractivity contribution in [2.24, 2.45) is 11.8 Å². The summed E-state index contributed by atoms with van der Waals surface area (Å²) in [6.07, 6.45) is 12.5. The van der Waals surface area contributed by atoms with Crippen LogP contribution in [0.15, 0.2) is 0 Å². The highest BCUT2D eigenvalue weighted by Gasteiger charge is 2.30. The van der Waals surface area contributed by atoms with Gasteiger partial charge in [-0.05, 0) is 62.6 Å². The summed E-state index contributed by atoms with van der Waals surface area (Å²) in [6, 6.07) is 0.659. The summed E-state index contributed by atoms with van der Waals surface area (Å²) >= 11 is 5.66. The van der Waals surface area contributed by atoms with Crippen LogP contribution in [-0.4, -0.2) is 29.1 Å². The first-order valence-electron chi connectivity index (χ1n) is 7.86. The first kappa shape index (κ1) is 12.7. The minimum absolute atomic E-state index is 0.659. The molecule has 3 saturated carbocycles. The van der Waals surface area contributed by atoms with Crippen molar-refractivity contribution >= 4 is 17.3 Å². The van der Waals surface area contributed by atoms with Crippen LogP contribution in [0.4, 0.5) is 0 Å². The number of nitrogens with zero attached hydrogens (tertiary/aromatic N) is 1. The molecule has 1 N–H and O–H groups in total. The van der Waals surface area contributed by atoms with E-state index >= 15 is 0 Å². The molecule has 3 fully saturated rings. The fraction of sp³-hybridized carbons (Fsp3) is 0.933. The fourth-order valence-corrected chi connectivity index (χ4v) is 3.29. The van der Waals surface area contributed by atoms with Crippen LogP contribution in [0, 0.1) is 11.8 Å². The van der Waals surface area contributed by atoms with Gasteiger partial charge in [-0.1, -0.05) is 19.3 Å². The molecule has 0 spiro atoms. The lowest BCUT2D eigenvalue weighted by atomic mass is 9.96. The molecule has 0 aliphatic heterocycles. The van der Waals surface area contributed by atoms with Gasteiger partial charge in [-0.25, -0.2) is 0 Å². The molecule has 0 atom stereocenters. The van der Waals surface area contributed by atoms with E-state index in [0.29, 0.717) is 6.04 Å². The Morgan fingerprint density at radius 3 is 1.94 bits per heavy atom. The summed E-state index contributed by atoms with van der Waals surface area (Å²) in [5.74, 6) is 1.88. The summed E-state index contributed by atoms with van der Waals surface area (Å²) in [5, 5.41) is 4.70. The van der Waals surface area contributed by atoms with Gasteiger partial charge in [0.1, 0.15) is 0 Å². The van der Waals surface area contributed by atoms with Crippen molar-refractivity contribution in [2.45, 2.75) is 63.8 Å². The van der Waals surface area contributed by atoms with E-state index in [0.717, 1.165) is 16.9 Å². The van der Waals surface area contributed by atoms with E-state index in [4.69, 9.17) is 12.2 Å². The Hall–Kier alpha value is -0.310. The van der Waals surface area contributed by atoms with Gasteiger partial charge in [-0.2, -0.15) is 0 Å². The van der Waals surface area contributed by atoms with Gasteiger partial charge in [0.25, 0.3) is 0 Å². The molecule has 2 nitrogen and oxygen atoms in total. The van der Waals surface area contributed by atoms with E-state index in [2.05, 4.69) is 10.2 Å². The van der Waals surface area contributed by atoms with Gasteiger partial charge in [0.2, 0.25) is 0 Å². The number of thiocarbonyl (C=S) groups is 1. The minimum atomic E-state index is 0.659. The lowest BCUT2D eigenvalue weighted by Gasteiger charge is -2.31. The van der Waals surface area contributed by atoms with Crippen molar-refractivity contribution in [2.75, 3.05) is 13.1 Å². The summed E-state index contributed by atoms with van der Waals surface area (Å²) in [5.41, 5.74) is 0. The van der Waals surface area contributed by atoms with E-state index in [1.54, 1.807) is 0 Å². The molecule has 3 aliphatic rings. The molecule has 0 heterocycles. The average Bonchev–Trinajstić information content (AvgIpc) is 3.24. The van der Waals surface area contributed by atoms with Crippen molar-refractivity contribution in [1.82, 2.24) is 10.2 Å². The zero-order valence-corrected chi connectivity index (χ0v) is 12.2. The zero-order chi connectivity index (χ0) is 12.4. The summed E-state index contributed by atoms with van der Waals surface area (Å²) < 4.78 is 0. The molecule has 0 saturated heterocycles. The van der Waals surface area contributed by atoms with Crippen molar-refractivity contribution in [3.63, 3.8) is 0 Å². The van der Waals surface area contributed by atoms with Crippen LogP contribution < -0.4 is 5.32 Å².